The van der Waals surface area contributed by atoms with Gasteiger partial charge in [0.25, 0.3) is 5.91 Å². The van der Waals surface area contributed by atoms with Crippen LogP contribution >= 0.6 is 39.9 Å². The molecule has 22 heavy (non-hydrogen) atoms. The Morgan fingerprint density at radius 1 is 1.41 bits per heavy atom. The van der Waals surface area contributed by atoms with Crippen LogP contribution in [0.15, 0.2) is 26.1 Å². The number of unbranched alkanes of at least 4 members (excludes halogenated alkanes) is 2. The van der Waals surface area contributed by atoms with Crippen LogP contribution in [0.25, 0.3) is 6.08 Å². The van der Waals surface area contributed by atoms with Crippen molar-refractivity contribution < 1.29 is 19.1 Å². The number of carboxylic acid groups (broad SMARTS) is 1. The van der Waals surface area contributed by atoms with E-state index in [1.807, 2.05) is 0 Å². The molecule has 2 heterocycles. The second kappa shape index (κ2) is 7.94. The Bertz CT molecular complexity index is 626. The Balaban J connectivity index is 1.89. The molecule has 1 aromatic rings. The Hall–Kier alpha value is -1.12. The second-order valence-electron chi connectivity index (χ2n) is 4.68. The van der Waals surface area contributed by atoms with E-state index >= 15 is 0 Å². The van der Waals surface area contributed by atoms with E-state index in [2.05, 4.69) is 15.9 Å². The van der Waals surface area contributed by atoms with Gasteiger partial charge < -0.3 is 9.52 Å². The third-order valence-electron chi connectivity index (χ3n) is 3.01. The smallest absolute Gasteiger partial charge is 0.303 e. The summed E-state index contributed by atoms with van der Waals surface area (Å²) < 4.78 is 6.49. The van der Waals surface area contributed by atoms with Crippen LogP contribution in [0.2, 0.25) is 0 Å². The molecule has 118 valence electrons. The summed E-state index contributed by atoms with van der Waals surface area (Å²) in [6.45, 7) is 0.517. The van der Waals surface area contributed by atoms with Crippen molar-refractivity contribution in [3.8, 4) is 0 Å². The summed E-state index contributed by atoms with van der Waals surface area (Å²) in [5.74, 6) is -0.326. The van der Waals surface area contributed by atoms with Crippen molar-refractivity contribution in [2.75, 3.05) is 6.54 Å². The van der Waals surface area contributed by atoms with Crippen molar-refractivity contribution in [3.63, 3.8) is 0 Å². The van der Waals surface area contributed by atoms with E-state index in [0.717, 1.165) is 12.8 Å². The molecule has 0 unspecified atom stereocenters. The largest absolute Gasteiger partial charge is 0.481 e. The highest BCUT2D eigenvalue weighted by Gasteiger charge is 2.31. The van der Waals surface area contributed by atoms with Gasteiger partial charge in [-0.3, -0.25) is 14.5 Å². The second-order valence-corrected chi connectivity index (χ2v) is 7.14. The van der Waals surface area contributed by atoms with Crippen molar-refractivity contribution in [1.82, 2.24) is 4.90 Å². The molecule has 0 saturated carbocycles. The third-order valence-corrected chi connectivity index (χ3v) is 4.82. The number of nitrogens with zero attached hydrogens (tertiary/aromatic N) is 1. The van der Waals surface area contributed by atoms with E-state index < -0.39 is 5.97 Å². The minimum Gasteiger partial charge on any atom is -0.481 e. The number of thioether (sulfide) groups is 1. The van der Waals surface area contributed by atoms with Crippen molar-refractivity contribution >= 4 is 62.2 Å². The molecule has 1 aliphatic rings. The molecular formula is C14H14BrNO4S2. The molecule has 2 rings (SSSR count). The van der Waals surface area contributed by atoms with Crippen LogP contribution in [0.3, 0.4) is 0 Å². The number of amides is 1. The fourth-order valence-electron chi connectivity index (χ4n) is 1.95. The van der Waals surface area contributed by atoms with Crippen LogP contribution < -0.4 is 0 Å². The molecule has 1 aromatic heterocycles. The molecule has 0 bridgehead atoms. The van der Waals surface area contributed by atoms with Gasteiger partial charge in [-0.25, -0.2) is 0 Å². The highest BCUT2D eigenvalue weighted by Crippen LogP contribution is 2.33. The molecule has 8 heteroatoms. The summed E-state index contributed by atoms with van der Waals surface area (Å²) in [5, 5.41) is 8.58. The maximum Gasteiger partial charge on any atom is 0.303 e. The number of carbonyl (C=O) groups excluding carboxylic acids is 1. The molecule has 0 aliphatic carbocycles. The fraction of sp³-hybridized carbons (Fsp3) is 0.357. The van der Waals surface area contributed by atoms with E-state index in [1.54, 1.807) is 23.1 Å². The Morgan fingerprint density at radius 3 is 2.82 bits per heavy atom. The quantitative estimate of drug-likeness (QED) is 0.423. The van der Waals surface area contributed by atoms with Gasteiger partial charge in [0.15, 0.2) is 4.67 Å². The molecule has 1 N–H and O–H groups in total. The van der Waals surface area contributed by atoms with Crippen LogP contribution in [0.5, 0.6) is 0 Å². The number of halogens is 1. The summed E-state index contributed by atoms with van der Waals surface area (Å²) in [4.78, 5) is 24.8. The number of furan rings is 1. The molecule has 0 aromatic carbocycles. The maximum atomic E-state index is 12.3. The Labute approximate surface area is 145 Å². The first-order valence-electron chi connectivity index (χ1n) is 6.70. The number of thiocarbonyl (C=S) groups is 1. The van der Waals surface area contributed by atoms with E-state index in [1.165, 1.54) is 11.8 Å². The zero-order valence-corrected chi connectivity index (χ0v) is 14.8. The third kappa shape index (κ3) is 4.69. The normalized spacial score (nSPS) is 16.8. The highest BCUT2D eigenvalue weighted by molar-refractivity contribution is 9.10. The Morgan fingerprint density at radius 2 is 2.18 bits per heavy atom. The van der Waals surface area contributed by atoms with Gasteiger partial charge in [-0.2, -0.15) is 0 Å². The van der Waals surface area contributed by atoms with Gasteiger partial charge >= 0.3 is 5.97 Å². The van der Waals surface area contributed by atoms with Crippen LogP contribution in [-0.4, -0.2) is 32.7 Å². The van der Waals surface area contributed by atoms with Gasteiger partial charge in [-0.1, -0.05) is 30.4 Å². The van der Waals surface area contributed by atoms with Crippen molar-refractivity contribution in [2.45, 2.75) is 25.7 Å². The summed E-state index contributed by atoms with van der Waals surface area (Å²) in [5.41, 5.74) is 0. The minimum atomic E-state index is -0.793. The summed E-state index contributed by atoms with van der Waals surface area (Å²) in [6, 6.07) is 3.53. The lowest BCUT2D eigenvalue weighted by Crippen LogP contribution is -2.29. The molecule has 1 saturated heterocycles. The predicted molar refractivity (Wildman–Crippen MR) is 92.4 cm³/mol. The van der Waals surface area contributed by atoms with Crippen LogP contribution in [0.1, 0.15) is 31.4 Å². The highest BCUT2D eigenvalue weighted by atomic mass is 79.9. The average molecular weight is 404 g/mol. The van der Waals surface area contributed by atoms with Crippen LogP contribution in [-0.2, 0) is 9.59 Å². The van der Waals surface area contributed by atoms with E-state index in [9.17, 15) is 9.59 Å². The number of aliphatic carboxylic acids is 1. The van der Waals surface area contributed by atoms with Crippen molar-refractivity contribution in [2.24, 2.45) is 0 Å². The summed E-state index contributed by atoms with van der Waals surface area (Å²) in [6.07, 6.45) is 3.94. The van der Waals surface area contributed by atoms with Crippen LogP contribution in [0, 0.1) is 0 Å². The Kier molecular flexibility index (Phi) is 6.22. The number of hydrogen-bond donors (Lipinski definition) is 1. The van der Waals surface area contributed by atoms with E-state index in [-0.39, 0.29) is 12.3 Å². The molecule has 1 amide bonds. The molecule has 0 atom stereocenters. The summed E-state index contributed by atoms with van der Waals surface area (Å²) in [7, 11) is 0. The van der Waals surface area contributed by atoms with Gasteiger partial charge in [0.05, 0.1) is 4.91 Å². The van der Waals surface area contributed by atoms with Gasteiger partial charge in [-0.05, 0) is 40.9 Å². The SMILES string of the molecule is O=C(O)CCCCCN1C(=O)C(=Cc2ccc(Br)o2)SC1=S. The first kappa shape index (κ1) is 17.2. The number of hydrogen-bond acceptors (Lipinski definition) is 5. The van der Waals surface area contributed by atoms with Gasteiger partial charge in [0.2, 0.25) is 0 Å². The monoisotopic (exact) mass is 403 g/mol. The molecular weight excluding hydrogens is 390 g/mol. The molecule has 0 spiro atoms. The van der Waals surface area contributed by atoms with Gasteiger partial charge in [0, 0.05) is 19.0 Å². The van der Waals surface area contributed by atoms with Crippen LogP contribution in [0.4, 0.5) is 0 Å². The van der Waals surface area contributed by atoms with Gasteiger partial charge in [-0.15, -0.1) is 0 Å². The van der Waals surface area contributed by atoms with E-state index in [0.29, 0.717) is 32.6 Å². The average Bonchev–Trinajstić information content (AvgIpc) is 2.96. The molecule has 0 radical (unpaired) electrons. The van der Waals surface area contributed by atoms with Gasteiger partial charge in [0.1, 0.15) is 10.1 Å². The number of rotatable bonds is 7. The van der Waals surface area contributed by atoms with Crippen molar-refractivity contribution in [1.29, 1.82) is 0 Å². The molecule has 5 nitrogen and oxygen atoms in total. The lowest BCUT2D eigenvalue weighted by Gasteiger charge is -2.13. The standard InChI is InChI=1S/C14H14BrNO4S2/c15-11-6-5-9(20-11)8-10-13(19)16(14(21)22-10)7-3-1-2-4-12(17)18/h5-6,8H,1-4,7H2,(H,17,18). The topological polar surface area (TPSA) is 70.8 Å². The minimum absolute atomic E-state index is 0.124. The zero-order chi connectivity index (χ0) is 16.1. The number of carbonyl (C=O) groups is 2. The first-order chi connectivity index (χ1) is 10.5. The first-order valence-corrected chi connectivity index (χ1v) is 8.71. The molecule has 1 aliphatic heterocycles. The predicted octanol–water partition coefficient (Wildman–Crippen LogP) is 3.89. The lowest BCUT2D eigenvalue weighted by atomic mass is 10.2. The lowest BCUT2D eigenvalue weighted by molar-refractivity contribution is -0.137. The fourth-order valence-corrected chi connectivity index (χ4v) is 3.56. The summed E-state index contributed by atoms with van der Waals surface area (Å²) >= 11 is 9.70. The van der Waals surface area contributed by atoms with Crippen molar-refractivity contribution in [3.05, 3.63) is 27.5 Å². The molecule has 1 fully saturated rings. The number of carboxylic acids is 1. The van der Waals surface area contributed by atoms with E-state index in [4.69, 9.17) is 21.7 Å². The zero-order valence-electron chi connectivity index (χ0n) is 11.6. The maximum absolute atomic E-state index is 12.3.